The summed E-state index contributed by atoms with van der Waals surface area (Å²) in [6, 6.07) is 15.5. The van der Waals surface area contributed by atoms with Gasteiger partial charge in [0.05, 0.1) is 20.1 Å². The Morgan fingerprint density at radius 1 is 1.08 bits per heavy atom. The lowest BCUT2D eigenvalue weighted by Gasteiger charge is -2.16. The summed E-state index contributed by atoms with van der Waals surface area (Å²) in [4.78, 5) is 45.0. The fraction of sp³-hybridized carbons (Fsp3) is 0.192. The molecule has 0 aliphatic rings. The first-order valence-electron chi connectivity index (χ1n) is 11.5. The zero-order valence-corrected chi connectivity index (χ0v) is 21.3. The van der Waals surface area contributed by atoms with Crippen LogP contribution in [0.3, 0.4) is 0 Å². The summed E-state index contributed by atoms with van der Waals surface area (Å²) in [6.07, 6.45) is 1.18. The van der Waals surface area contributed by atoms with Crippen molar-refractivity contribution in [3.8, 4) is 17.4 Å². The van der Waals surface area contributed by atoms with Gasteiger partial charge in [-0.25, -0.2) is 19.1 Å². The second kappa shape index (κ2) is 11.6. The Morgan fingerprint density at radius 2 is 1.84 bits per heavy atom. The second-order valence-electron chi connectivity index (χ2n) is 8.25. The lowest BCUT2D eigenvalue weighted by atomic mass is 10.2. The zero-order valence-electron chi connectivity index (χ0n) is 20.6. The topological polar surface area (TPSA) is 138 Å². The molecule has 0 fully saturated rings. The maximum atomic E-state index is 13.3. The number of carboxylic acids is 1. The number of nitrogens with one attached hydrogen (secondary N) is 1. The number of carboxylic acid groups (broad SMARTS) is 1. The van der Waals surface area contributed by atoms with Gasteiger partial charge in [-0.05, 0) is 54.4 Å². The van der Waals surface area contributed by atoms with Crippen molar-refractivity contribution >= 4 is 29.2 Å². The van der Waals surface area contributed by atoms with Crippen molar-refractivity contribution in [3.05, 3.63) is 97.9 Å². The first-order chi connectivity index (χ1) is 18.2. The first-order valence-corrected chi connectivity index (χ1v) is 11.8. The predicted molar refractivity (Wildman–Crippen MR) is 141 cm³/mol. The van der Waals surface area contributed by atoms with Crippen LogP contribution in [-0.2, 0) is 17.9 Å². The van der Waals surface area contributed by atoms with E-state index in [9.17, 15) is 14.4 Å². The van der Waals surface area contributed by atoms with Gasteiger partial charge in [0.15, 0.2) is 0 Å². The maximum absolute atomic E-state index is 13.3. The Labute approximate surface area is 221 Å². The van der Waals surface area contributed by atoms with Crippen molar-refractivity contribution in [1.29, 1.82) is 0 Å². The van der Waals surface area contributed by atoms with Gasteiger partial charge in [0, 0.05) is 29.5 Å². The van der Waals surface area contributed by atoms with Gasteiger partial charge in [0.2, 0.25) is 11.8 Å². The minimum absolute atomic E-state index is 0.00784. The lowest BCUT2D eigenvalue weighted by molar-refractivity contribution is -0.137. The van der Waals surface area contributed by atoms with E-state index in [-0.39, 0.29) is 19.0 Å². The molecular formula is C26H24ClN5O6. The minimum atomic E-state index is -1.13. The number of pyridine rings is 1. The molecule has 2 heterocycles. The van der Waals surface area contributed by atoms with E-state index in [1.54, 1.807) is 60.8 Å². The fourth-order valence-corrected chi connectivity index (χ4v) is 3.73. The van der Waals surface area contributed by atoms with Gasteiger partial charge in [-0.1, -0.05) is 23.7 Å². The molecule has 38 heavy (non-hydrogen) atoms. The van der Waals surface area contributed by atoms with Gasteiger partial charge in [-0.2, -0.15) is 4.98 Å². The van der Waals surface area contributed by atoms with Crippen molar-refractivity contribution in [3.63, 3.8) is 0 Å². The Balaban J connectivity index is 1.66. The van der Waals surface area contributed by atoms with E-state index in [2.05, 4.69) is 15.3 Å². The minimum Gasteiger partial charge on any atom is -0.481 e. The van der Waals surface area contributed by atoms with Crippen molar-refractivity contribution < 1.29 is 19.4 Å². The summed E-state index contributed by atoms with van der Waals surface area (Å²) in [7, 11) is 1.52. The zero-order chi connectivity index (χ0) is 27.2. The summed E-state index contributed by atoms with van der Waals surface area (Å²) in [5.74, 6) is 0.420. The van der Waals surface area contributed by atoms with Crippen molar-refractivity contribution in [2.45, 2.75) is 26.4 Å². The van der Waals surface area contributed by atoms with Crippen LogP contribution < -0.4 is 26.2 Å². The molecule has 0 spiro atoms. The van der Waals surface area contributed by atoms with E-state index >= 15 is 0 Å². The molecule has 2 aromatic carbocycles. The summed E-state index contributed by atoms with van der Waals surface area (Å²) in [5, 5.41) is 12.6. The number of methoxy groups -OCH3 is 1. The van der Waals surface area contributed by atoms with Crippen LogP contribution in [0, 0.1) is 6.92 Å². The van der Waals surface area contributed by atoms with Gasteiger partial charge in [-0.15, -0.1) is 0 Å². The highest BCUT2D eigenvalue weighted by Crippen LogP contribution is 2.29. The third-order valence-corrected chi connectivity index (χ3v) is 5.78. The van der Waals surface area contributed by atoms with Crippen LogP contribution in [0.15, 0.2) is 70.4 Å². The van der Waals surface area contributed by atoms with Crippen molar-refractivity contribution in [1.82, 2.24) is 19.1 Å². The monoisotopic (exact) mass is 537 g/mol. The molecule has 2 aromatic heterocycles. The van der Waals surface area contributed by atoms with Crippen LogP contribution in [0.2, 0.25) is 5.02 Å². The van der Waals surface area contributed by atoms with E-state index in [1.165, 1.54) is 11.7 Å². The predicted octanol–water partition coefficient (Wildman–Crippen LogP) is 3.83. The number of hydrogen-bond donors (Lipinski definition) is 2. The number of rotatable bonds is 10. The van der Waals surface area contributed by atoms with E-state index < -0.39 is 23.8 Å². The third kappa shape index (κ3) is 6.37. The highest BCUT2D eigenvalue weighted by Gasteiger charge is 2.16. The Morgan fingerprint density at radius 3 is 2.53 bits per heavy atom. The van der Waals surface area contributed by atoms with E-state index in [1.807, 2.05) is 6.92 Å². The Bertz CT molecular complexity index is 1580. The van der Waals surface area contributed by atoms with Gasteiger partial charge in [-0.3, -0.25) is 9.36 Å². The summed E-state index contributed by atoms with van der Waals surface area (Å²) in [5.41, 5.74) is 0.521. The SMILES string of the molecule is COc1cc(Oc2ccc(Nc3nc(=O)n(CCC(=O)O)c(=O)n3Cc3ccc(Cl)cc3)cc2C)ccn1. The molecule has 0 atom stereocenters. The number of aromatic nitrogens is 4. The number of aryl methyl sites for hydroxylation is 1. The standard InChI is InChI=1S/C26H24ClN5O6/c1-16-13-19(7-8-21(16)38-20-9-11-28-22(14-20)37-2)29-24-30-25(35)31(12-10-23(33)34)26(36)32(24)15-17-3-5-18(27)6-4-17/h3-9,11,13-14H,10,12,15H2,1-2H3,(H,33,34)(H,29,30,35). The molecular weight excluding hydrogens is 514 g/mol. The Hall–Kier alpha value is -4.64. The van der Waals surface area contributed by atoms with Gasteiger partial charge in [0.1, 0.15) is 11.5 Å². The summed E-state index contributed by atoms with van der Waals surface area (Å²) < 4.78 is 13.1. The second-order valence-corrected chi connectivity index (χ2v) is 8.69. The van der Waals surface area contributed by atoms with Crippen LogP contribution in [0.5, 0.6) is 17.4 Å². The molecule has 2 N–H and O–H groups in total. The highest BCUT2D eigenvalue weighted by molar-refractivity contribution is 6.30. The van der Waals surface area contributed by atoms with Gasteiger partial charge >= 0.3 is 17.3 Å². The fourth-order valence-electron chi connectivity index (χ4n) is 3.60. The van der Waals surface area contributed by atoms with Crippen LogP contribution in [0.25, 0.3) is 0 Å². The normalized spacial score (nSPS) is 10.7. The summed E-state index contributed by atoms with van der Waals surface area (Å²) in [6.45, 7) is 1.62. The van der Waals surface area contributed by atoms with Crippen LogP contribution in [-0.4, -0.2) is 37.3 Å². The first kappa shape index (κ1) is 26.4. The highest BCUT2D eigenvalue weighted by atomic mass is 35.5. The molecule has 0 saturated heterocycles. The smallest absolute Gasteiger partial charge is 0.354 e. The quantitative estimate of drug-likeness (QED) is 0.309. The number of benzene rings is 2. The van der Waals surface area contributed by atoms with Crippen molar-refractivity contribution in [2.75, 3.05) is 12.4 Å². The number of carbonyl (C=O) groups is 1. The molecule has 12 heteroatoms. The third-order valence-electron chi connectivity index (χ3n) is 5.53. The molecule has 0 aliphatic carbocycles. The number of ether oxygens (including phenoxy) is 2. The van der Waals surface area contributed by atoms with E-state index in [0.29, 0.717) is 28.1 Å². The molecule has 196 valence electrons. The maximum Gasteiger partial charge on any atom is 0.354 e. The number of hydrogen-bond acceptors (Lipinski definition) is 8. The van der Waals surface area contributed by atoms with E-state index in [4.69, 9.17) is 26.2 Å². The number of nitrogens with zero attached hydrogens (tertiary/aromatic N) is 4. The number of halogens is 1. The van der Waals surface area contributed by atoms with Crippen molar-refractivity contribution in [2.24, 2.45) is 0 Å². The molecule has 0 aliphatic heterocycles. The molecule has 4 rings (SSSR count). The average molecular weight is 538 g/mol. The molecule has 0 radical (unpaired) electrons. The molecule has 0 amide bonds. The number of aliphatic carboxylic acids is 1. The number of anilines is 2. The molecule has 4 aromatic rings. The summed E-state index contributed by atoms with van der Waals surface area (Å²) >= 11 is 5.98. The largest absolute Gasteiger partial charge is 0.481 e. The van der Waals surface area contributed by atoms with Gasteiger partial charge in [0.25, 0.3) is 0 Å². The molecule has 0 unspecified atom stereocenters. The van der Waals surface area contributed by atoms with Crippen LogP contribution in [0.1, 0.15) is 17.5 Å². The lowest BCUT2D eigenvalue weighted by Crippen LogP contribution is -2.43. The van der Waals surface area contributed by atoms with Gasteiger partial charge < -0.3 is 19.9 Å². The van der Waals surface area contributed by atoms with E-state index in [0.717, 1.165) is 15.7 Å². The van der Waals surface area contributed by atoms with Crippen LogP contribution >= 0.6 is 11.6 Å². The molecule has 0 saturated carbocycles. The Kier molecular flexibility index (Phi) is 8.07. The van der Waals surface area contributed by atoms with Crippen LogP contribution in [0.4, 0.5) is 11.6 Å². The molecule has 11 nitrogen and oxygen atoms in total. The molecule has 0 bridgehead atoms. The average Bonchev–Trinajstić information content (AvgIpc) is 2.89.